The smallest absolute Gasteiger partial charge is 0.240 e. The van der Waals surface area contributed by atoms with E-state index in [2.05, 4.69) is 35.8 Å². The zero-order valence-corrected chi connectivity index (χ0v) is 19.2. The maximum absolute atomic E-state index is 13.2. The summed E-state index contributed by atoms with van der Waals surface area (Å²) in [5, 5.41) is 24.0. The minimum absolute atomic E-state index is 0. The fourth-order valence-corrected chi connectivity index (χ4v) is 7.94. The van der Waals surface area contributed by atoms with Crippen LogP contribution in [0.15, 0.2) is 27.3 Å². The maximum Gasteiger partial charge on any atom is 0.240 e. The Kier molecular flexibility index (Phi) is 6.26. The van der Waals surface area contributed by atoms with E-state index in [1.165, 1.54) is 23.5 Å². The number of sulfone groups is 1. The second-order valence-corrected chi connectivity index (χ2v) is 12.2. The first-order chi connectivity index (χ1) is 15.3. The molecule has 178 valence electrons. The van der Waals surface area contributed by atoms with Gasteiger partial charge in [-0.3, -0.25) is 0 Å². The highest BCUT2D eigenvalue weighted by Crippen LogP contribution is 2.41. The molecule has 0 aliphatic carbocycles. The van der Waals surface area contributed by atoms with E-state index in [9.17, 15) is 16.8 Å². The van der Waals surface area contributed by atoms with Crippen LogP contribution in [-0.4, -0.2) is 73.9 Å². The van der Waals surface area contributed by atoms with Gasteiger partial charge in [-0.05, 0) is 24.1 Å². The van der Waals surface area contributed by atoms with E-state index in [4.69, 9.17) is 5.14 Å². The third-order valence-corrected chi connectivity index (χ3v) is 9.80. The average Bonchev–Trinajstić information content (AvgIpc) is 3.46. The first kappa shape index (κ1) is 23.7. The van der Waals surface area contributed by atoms with Gasteiger partial charge in [0.1, 0.15) is 4.90 Å². The second kappa shape index (κ2) is 8.72. The molecule has 5 rings (SSSR count). The van der Waals surface area contributed by atoms with Crippen molar-refractivity contribution in [1.29, 1.82) is 0 Å². The van der Waals surface area contributed by atoms with Crippen molar-refractivity contribution in [2.24, 2.45) is 5.14 Å². The van der Waals surface area contributed by atoms with Gasteiger partial charge in [-0.1, -0.05) is 13.5 Å². The van der Waals surface area contributed by atoms with E-state index in [1.54, 1.807) is 5.38 Å². The highest BCUT2D eigenvalue weighted by molar-refractivity contribution is 7.94. The number of tetrazole rings is 1. The number of hydrogen-bond donors (Lipinski definition) is 3. The molecule has 0 amide bonds. The molecule has 1 aromatic carbocycles. The van der Waals surface area contributed by atoms with Crippen LogP contribution in [0.4, 0.5) is 5.13 Å². The van der Waals surface area contributed by atoms with E-state index < -0.39 is 30.0 Å². The number of sulfonamides is 1. The van der Waals surface area contributed by atoms with Crippen molar-refractivity contribution in [2.75, 3.05) is 31.1 Å². The number of nitrogens with two attached hydrogens (primary N) is 1. The van der Waals surface area contributed by atoms with Gasteiger partial charge in [-0.2, -0.15) is 5.21 Å². The summed E-state index contributed by atoms with van der Waals surface area (Å²) in [6, 6.07) is 2.81. The van der Waals surface area contributed by atoms with Crippen molar-refractivity contribution < 1.29 is 16.8 Å². The summed E-state index contributed by atoms with van der Waals surface area (Å²) < 4.78 is 51.8. The number of aromatic amines is 1. The summed E-state index contributed by atoms with van der Waals surface area (Å²) in [5.74, 6) is -0.0801. The normalized spacial score (nSPS) is 17.1. The molecule has 0 atom stereocenters. The Hall–Kier alpha value is -2.46. The molecule has 3 aromatic rings. The van der Waals surface area contributed by atoms with E-state index in [0.717, 1.165) is 31.1 Å². The van der Waals surface area contributed by atoms with Crippen molar-refractivity contribution in [3.63, 3.8) is 0 Å². The zero-order chi connectivity index (χ0) is 22.5. The SMILES string of the molecule is C.NS(=O)(=O)c1c(S(=O)(=O)C2CNC2)ccc(-c2csc(N3CCCC3)n2)c1-c1nn[nH]n1. The van der Waals surface area contributed by atoms with Crippen molar-refractivity contribution >= 4 is 36.3 Å². The monoisotopic (exact) mass is 512 g/mol. The summed E-state index contributed by atoms with van der Waals surface area (Å²) in [6.45, 7) is 2.27. The van der Waals surface area contributed by atoms with Crippen LogP contribution in [0.25, 0.3) is 22.6 Å². The van der Waals surface area contributed by atoms with E-state index >= 15 is 0 Å². The third-order valence-electron chi connectivity index (χ3n) is 5.61. The molecule has 0 unspecified atom stereocenters. The number of anilines is 1. The van der Waals surface area contributed by atoms with Crippen molar-refractivity contribution in [3.8, 4) is 22.6 Å². The predicted molar refractivity (Wildman–Crippen MR) is 124 cm³/mol. The molecule has 2 aliphatic heterocycles. The fraction of sp³-hybridized carbons (Fsp3) is 0.444. The Balaban J connectivity index is 0.00000259. The van der Waals surface area contributed by atoms with Crippen LogP contribution in [0.1, 0.15) is 20.3 Å². The number of primary sulfonamides is 1. The number of thiazole rings is 1. The summed E-state index contributed by atoms with van der Waals surface area (Å²) in [6.07, 6.45) is 2.17. The Bertz CT molecular complexity index is 1360. The molecule has 4 heterocycles. The number of hydrogen-bond acceptors (Lipinski definition) is 11. The number of nitrogens with one attached hydrogen (secondary N) is 2. The van der Waals surface area contributed by atoms with Gasteiger partial charge in [0, 0.05) is 37.1 Å². The summed E-state index contributed by atoms with van der Waals surface area (Å²) in [7, 11) is -8.46. The lowest BCUT2D eigenvalue weighted by molar-refractivity contribution is 0.493. The molecule has 0 radical (unpaired) electrons. The summed E-state index contributed by atoms with van der Waals surface area (Å²) in [4.78, 5) is 5.92. The van der Waals surface area contributed by atoms with Crippen LogP contribution in [0.3, 0.4) is 0 Å². The highest BCUT2D eigenvalue weighted by Gasteiger charge is 2.39. The number of benzene rings is 1. The lowest BCUT2D eigenvalue weighted by Gasteiger charge is -2.28. The van der Waals surface area contributed by atoms with Crippen LogP contribution in [-0.2, 0) is 19.9 Å². The minimum Gasteiger partial charge on any atom is -0.348 e. The lowest BCUT2D eigenvalue weighted by atomic mass is 10.0. The molecule has 2 aromatic heterocycles. The van der Waals surface area contributed by atoms with Crippen LogP contribution >= 0.6 is 11.3 Å². The van der Waals surface area contributed by atoms with E-state index in [1.807, 2.05) is 0 Å². The molecular formula is C18H24N8O4S3. The summed E-state index contributed by atoms with van der Waals surface area (Å²) >= 11 is 1.43. The molecule has 12 nitrogen and oxygen atoms in total. The van der Waals surface area contributed by atoms with Gasteiger partial charge in [0.05, 0.1) is 21.4 Å². The topological polar surface area (TPSA) is 177 Å². The quantitative estimate of drug-likeness (QED) is 0.424. The van der Waals surface area contributed by atoms with Gasteiger partial charge < -0.3 is 10.2 Å². The Morgan fingerprint density at radius 2 is 1.85 bits per heavy atom. The second-order valence-electron chi connectivity index (χ2n) is 7.63. The molecule has 15 heteroatoms. The molecule has 33 heavy (non-hydrogen) atoms. The first-order valence-electron chi connectivity index (χ1n) is 9.86. The molecule has 4 N–H and O–H groups in total. The predicted octanol–water partition coefficient (Wildman–Crippen LogP) is 0.619. The van der Waals surface area contributed by atoms with Crippen LogP contribution in [0.5, 0.6) is 0 Å². The van der Waals surface area contributed by atoms with Gasteiger partial charge in [-0.15, -0.1) is 21.5 Å². The molecule has 0 saturated carbocycles. The summed E-state index contributed by atoms with van der Waals surface area (Å²) in [5.41, 5.74) is 0.812. The van der Waals surface area contributed by atoms with Crippen molar-refractivity contribution in [3.05, 3.63) is 17.5 Å². The Labute approximate surface area is 195 Å². The molecule has 2 fully saturated rings. The number of H-pyrrole nitrogens is 1. The van der Waals surface area contributed by atoms with Gasteiger partial charge in [0.15, 0.2) is 15.0 Å². The number of aromatic nitrogens is 5. The fourth-order valence-electron chi connectivity index (χ4n) is 3.88. The van der Waals surface area contributed by atoms with Crippen molar-refractivity contribution in [1.82, 2.24) is 30.9 Å². The molecule has 0 bridgehead atoms. The third kappa shape index (κ3) is 4.14. The molecule has 2 aliphatic rings. The number of rotatable bonds is 6. The Morgan fingerprint density at radius 1 is 1.12 bits per heavy atom. The Morgan fingerprint density at radius 3 is 2.42 bits per heavy atom. The van der Waals surface area contributed by atoms with Gasteiger partial charge >= 0.3 is 0 Å². The number of nitrogens with zero attached hydrogens (tertiary/aromatic N) is 5. The molecule has 2 saturated heterocycles. The molecular weight excluding hydrogens is 488 g/mol. The largest absolute Gasteiger partial charge is 0.348 e. The van der Waals surface area contributed by atoms with Gasteiger partial charge in [0.25, 0.3) is 0 Å². The van der Waals surface area contributed by atoms with Crippen LogP contribution in [0, 0.1) is 0 Å². The van der Waals surface area contributed by atoms with Crippen LogP contribution < -0.4 is 15.4 Å². The van der Waals surface area contributed by atoms with Crippen molar-refractivity contribution in [2.45, 2.75) is 35.3 Å². The van der Waals surface area contributed by atoms with E-state index in [0.29, 0.717) is 11.3 Å². The highest BCUT2D eigenvalue weighted by atomic mass is 32.2. The van der Waals surface area contributed by atoms with Gasteiger partial charge in [0.2, 0.25) is 15.8 Å². The van der Waals surface area contributed by atoms with Crippen LogP contribution in [0.2, 0.25) is 0 Å². The minimum atomic E-state index is -4.49. The standard InChI is InChI=1S/C17H20N8O4S3.CH4/c18-32(28,29)15-13(31(26,27)10-7-19-8-10)4-3-11(14(15)16-21-23-24-22-16)12-9-30-17(20-12)25-5-1-2-6-25;/h3-4,9-10,19H,1-2,5-8H2,(H2,18,28,29)(H,21,22,23,24);1H4. The van der Waals surface area contributed by atoms with E-state index in [-0.39, 0.29) is 36.8 Å². The zero-order valence-electron chi connectivity index (χ0n) is 16.7. The lowest BCUT2D eigenvalue weighted by Crippen LogP contribution is -2.51. The van der Waals surface area contributed by atoms with Gasteiger partial charge in [-0.25, -0.2) is 27.0 Å². The maximum atomic E-state index is 13.2. The average molecular weight is 513 g/mol. The molecule has 0 spiro atoms. The first-order valence-corrected chi connectivity index (χ1v) is 13.8.